The number of amides is 1. The molecule has 0 bridgehead atoms. The Balaban J connectivity index is 1.89. The van der Waals surface area contributed by atoms with E-state index in [0.29, 0.717) is 17.2 Å². The van der Waals surface area contributed by atoms with E-state index >= 15 is 0 Å². The van der Waals surface area contributed by atoms with Crippen LogP contribution < -0.4 is 10.1 Å². The third kappa shape index (κ3) is 2.85. The lowest BCUT2D eigenvalue weighted by atomic mass is 10.3. The Morgan fingerprint density at radius 2 is 2.05 bits per heavy atom. The summed E-state index contributed by atoms with van der Waals surface area (Å²) in [6, 6.07) is 9.06. The SMILES string of the molecule is CNC(=O)c1cc(Oc2ccc3nc(C)sc3c2)ccn1. The van der Waals surface area contributed by atoms with Gasteiger partial charge in [-0.2, -0.15) is 0 Å². The summed E-state index contributed by atoms with van der Waals surface area (Å²) >= 11 is 1.62. The van der Waals surface area contributed by atoms with Crippen LogP contribution in [0.15, 0.2) is 36.5 Å². The number of ether oxygens (including phenoxy) is 1. The van der Waals surface area contributed by atoms with Crippen LogP contribution in [0.3, 0.4) is 0 Å². The number of fused-ring (bicyclic) bond motifs is 1. The maximum absolute atomic E-state index is 11.6. The molecule has 0 fully saturated rings. The molecule has 6 heteroatoms. The third-order valence-electron chi connectivity index (χ3n) is 2.89. The highest BCUT2D eigenvalue weighted by molar-refractivity contribution is 7.18. The molecule has 21 heavy (non-hydrogen) atoms. The van der Waals surface area contributed by atoms with Crippen molar-refractivity contribution in [3.8, 4) is 11.5 Å². The van der Waals surface area contributed by atoms with Gasteiger partial charge >= 0.3 is 0 Å². The molecule has 5 nitrogen and oxygen atoms in total. The minimum atomic E-state index is -0.242. The Hall–Kier alpha value is -2.47. The summed E-state index contributed by atoms with van der Waals surface area (Å²) < 4.78 is 6.86. The number of hydrogen-bond donors (Lipinski definition) is 1. The quantitative estimate of drug-likeness (QED) is 0.807. The van der Waals surface area contributed by atoms with Gasteiger partial charge in [0.1, 0.15) is 17.2 Å². The number of thiazole rings is 1. The van der Waals surface area contributed by atoms with E-state index in [-0.39, 0.29) is 5.91 Å². The van der Waals surface area contributed by atoms with Crippen LogP contribution in [-0.2, 0) is 0 Å². The smallest absolute Gasteiger partial charge is 0.269 e. The number of carbonyl (C=O) groups is 1. The molecule has 2 aromatic heterocycles. The number of nitrogens with zero attached hydrogens (tertiary/aromatic N) is 2. The Morgan fingerprint density at radius 1 is 1.24 bits per heavy atom. The fourth-order valence-electron chi connectivity index (χ4n) is 1.95. The molecule has 1 N–H and O–H groups in total. The number of benzene rings is 1. The number of aromatic nitrogens is 2. The largest absolute Gasteiger partial charge is 0.457 e. The average Bonchev–Trinajstić information content (AvgIpc) is 2.86. The van der Waals surface area contributed by atoms with Gasteiger partial charge in [-0.15, -0.1) is 11.3 Å². The van der Waals surface area contributed by atoms with E-state index in [4.69, 9.17) is 4.74 Å². The van der Waals surface area contributed by atoms with Crippen molar-refractivity contribution in [3.63, 3.8) is 0 Å². The second-order valence-corrected chi connectivity index (χ2v) is 5.66. The van der Waals surface area contributed by atoms with E-state index in [9.17, 15) is 4.79 Å². The van der Waals surface area contributed by atoms with E-state index in [1.165, 1.54) is 0 Å². The molecule has 1 aromatic carbocycles. The first-order valence-electron chi connectivity index (χ1n) is 6.39. The first kappa shape index (κ1) is 13.5. The van der Waals surface area contributed by atoms with Crippen LogP contribution in [0.4, 0.5) is 0 Å². The molecular weight excluding hydrogens is 286 g/mol. The maximum Gasteiger partial charge on any atom is 0.269 e. The lowest BCUT2D eigenvalue weighted by molar-refractivity contribution is 0.0958. The second kappa shape index (κ2) is 5.49. The summed E-state index contributed by atoms with van der Waals surface area (Å²) in [5.41, 5.74) is 1.29. The molecule has 0 aliphatic carbocycles. The van der Waals surface area contributed by atoms with E-state index in [2.05, 4.69) is 15.3 Å². The topological polar surface area (TPSA) is 64.1 Å². The van der Waals surface area contributed by atoms with Crippen LogP contribution in [0.1, 0.15) is 15.5 Å². The van der Waals surface area contributed by atoms with Crippen molar-refractivity contribution >= 4 is 27.5 Å². The molecule has 0 atom stereocenters. The van der Waals surface area contributed by atoms with Crippen molar-refractivity contribution < 1.29 is 9.53 Å². The van der Waals surface area contributed by atoms with Crippen molar-refractivity contribution in [2.24, 2.45) is 0 Å². The molecule has 0 saturated carbocycles. The van der Waals surface area contributed by atoms with Crippen molar-refractivity contribution in [2.45, 2.75) is 6.92 Å². The summed E-state index contributed by atoms with van der Waals surface area (Å²) in [6.07, 6.45) is 1.55. The van der Waals surface area contributed by atoms with Crippen LogP contribution >= 0.6 is 11.3 Å². The van der Waals surface area contributed by atoms with Gasteiger partial charge in [-0.25, -0.2) is 4.98 Å². The number of rotatable bonds is 3. The Kier molecular flexibility index (Phi) is 3.53. The van der Waals surface area contributed by atoms with E-state index < -0.39 is 0 Å². The van der Waals surface area contributed by atoms with Crippen LogP contribution in [0.5, 0.6) is 11.5 Å². The van der Waals surface area contributed by atoms with Gasteiger partial charge in [-0.3, -0.25) is 9.78 Å². The highest BCUT2D eigenvalue weighted by Gasteiger charge is 2.08. The van der Waals surface area contributed by atoms with Crippen molar-refractivity contribution in [1.82, 2.24) is 15.3 Å². The highest BCUT2D eigenvalue weighted by Crippen LogP contribution is 2.28. The normalized spacial score (nSPS) is 10.6. The Bertz CT molecular complexity index is 814. The molecule has 0 spiro atoms. The van der Waals surface area contributed by atoms with Gasteiger partial charge in [0.25, 0.3) is 5.91 Å². The summed E-state index contributed by atoms with van der Waals surface area (Å²) in [7, 11) is 1.57. The molecule has 0 radical (unpaired) electrons. The number of nitrogens with one attached hydrogen (secondary N) is 1. The lowest BCUT2D eigenvalue weighted by Crippen LogP contribution is -2.18. The fourth-order valence-corrected chi connectivity index (χ4v) is 2.80. The molecular formula is C15H13N3O2S. The minimum absolute atomic E-state index is 0.242. The van der Waals surface area contributed by atoms with Gasteiger partial charge in [0.15, 0.2) is 0 Å². The van der Waals surface area contributed by atoms with Crippen LogP contribution in [0.2, 0.25) is 0 Å². The van der Waals surface area contributed by atoms with Crippen molar-refractivity contribution in [3.05, 3.63) is 47.2 Å². The summed E-state index contributed by atoms with van der Waals surface area (Å²) in [5.74, 6) is 1.04. The highest BCUT2D eigenvalue weighted by atomic mass is 32.1. The predicted molar refractivity (Wildman–Crippen MR) is 82.1 cm³/mol. The molecule has 3 rings (SSSR count). The van der Waals surface area contributed by atoms with Gasteiger partial charge in [0.05, 0.1) is 15.2 Å². The van der Waals surface area contributed by atoms with Crippen LogP contribution in [0.25, 0.3) is 10.2 Å². The predicted octanol–water partition coefficient (Wildman–Crippen LogP) is 3.15. The summed E-state index contributed by atoms with van der Waals surface area (Å²) in [4.78, 5) is 20.0. The number of hydrogen-bond acceptors (Lipinski definition) is 5. The zero-order valence-electron chi connectivity index (χ0n) is 11.6. The van der Waals surface area contributed by atoms with E-state index in [1.54, 1.807) is 36.7 Å². The molecule has 1 amide bonds. The molecule has 0 aliphatic heterocycles. The van der Waals surface area contributed by atoms with Gasteiger partial charge in [-0.05, 0) is 25.1 Å². The molecule has 3 aromatic rings. The van der Waals surface area contributed by atoms with Gasteiger partial charge in [0, 0.05) is 25.4 Å². The molecule has 0 aliphatic rings. The van der Waals surface area contributed by atoms with Gasteiger partial charge < -0.3 is 10.1 Å². The fraction of sp³-hybridized carbons (Fsp3) is 0.133. The molecule has 0 unspecified atom stereocenters. The second-order valence-electron chi connectivity index (χ2n) is 4.42. The third-order valence-corrected chi connectivity index (χ3v) is 3.83. The van der Waals surface area contributed by atoms with Crippen molar-refractivity contribution in [2.75, 3.05) is 7.05 Å². The lowest BCUT2D eigenvalue weighted by Gasteiger charge is -2.06. The maximum atomic E-state index is 11.6. The first-order valence-corrected chi connectivity index (χ1v) is 7.20. The zero-order chi connectivity index (χ0) is 14.8. The standard InChI is InChI=1S/C15H13N3O2S/c1-9-18-12-4-3-10(8-14(12)21-9)20-11-5-6-17-13(7-11)15(19)16-2/h3-8H,1-2H3,(H,16,19). The van der Waals surface area contributed by atoms with E-state index in [0.717, 1.165) is 15.2 Å². The van der Waals surface area contributed by atoms with Gasteiger partial charge in [0.2, 0.25) is 0 Å². The monoisotopic (exact) mass is 299 g/mol. The number of aryl methyl sites for hydroxylation is 1. The molecule has 106 valence electrons. The summed E-state index contributed by atoms with van der Waals surface area (Å²) in [5, 5.41) is 3.56. The zero-order valence-corrected chi connectivity index (χ0v) is 12.4. The van der Waals surface area contributed by atoms with Crippen LogP contribution in [0, 0.1) is 6.92 Å². The first-order chi connectivity index (χ1) is 10.2. The average molecular weight is 299 g/mol. The summed E-state index contributed by atoms with van der Waals surface area (Å²) in [6.45, 7) is 1.98. The molecule has 0 saturated heterocycles. The van der Waals surface area contributed by atoms with Crippen molar-refractivity contribution in [1.29, 1.82) is 0 Å². The number of pyridine rings is 1. The van der Waals surface area contributed by atoms with Gasteiger partial charge in [-0.1, -0.05) is 0 Å². The van der Waals surface area contributed by atoms with Crippen LogP contribution in [-0.4, -0.2) is 22.9 Å². The van der Waals surface area contributed by atoms with E-state index in [1.807, 2.05) is 25.1 Å². The minimum Gasteiger partial charge on any atom is -0.457 e. The Morgan fingerprint density at radius 3 is 2.86 bits per heavy atom. The number of carbonyl (C=O) groups excluding carboxylic acids is 1. The Labute approximate surface area is 125 Å². The molecule has 2 heterocycles.